The van der Waals surface area contributed by atoms with Gasteiger partial charge in [-0.05, 0) is 6.07 Å². The van der Waals surface area contributed by atoms with Crippen molar-refractivity contribution in [2.45, 2.75) is 13.0 Å². The number of fused-ring (bicyclic) bond motifs is 2. The van der Waals surface area contributed by atoms with Crippen LogP contribution in [0, 0.1) is 17.5 Å². The van der Waals surface area contributed by atoms with Crippen LogP contribution in [0.15, 0.2) is 6.07 Å². The fourth-order valence-corrected chi connectivity index (χ4v) is 2.13. The van der Waals surface area contributed by atoms with E-state index in [2.05, 4.69) is 4.98 Å². The molecule has 0 unspecified atom stereocenters. The second kappa shape index (κ2) is 3.84. The van der Waals surface area contributed by atoms with Crippen molar-refractivity contribution in [3.05, 3.63) is 34.8 Å². The zero-order chi connectivity index (χ0) is 12.9. The van der Waals surface area contributed by atoms with Crippen LogP contribution in [0.5, 0.6) is 0 Å². The van der Waals surface area contributed by atoms with Gasteiger partial charge in [0.05, 0.1) is 18.9 Å². The average molecular weight is 254 g/mol. The molecule has 0 fully saturated rings. The van der Waals surface area contributed by atoms with Gasteiger partial charge in [-0.15, -0.1) is 0 Å². The number of nitrogens with zero attached hydrogens (tertiary/aromatic N) is 1. The lowest BCUT2D eigenvalue weighted by Gasteiger charge is -2.19. The smallest absolute Gasteiger partial charge is 0.196 e. The molecule has 3 rings (SSSR count). The van der Waals surface area contributed by atoms with Gasteiger partial charge in [-0.3, -0.25) is 0 Å². The van der Waals surface area contributed by atoms with Gasteiger partial charge in [0.1, 0.15) is 5.52 Å². The van der Waals surface area contributed by atoms with Crippen molar-refractivity contribution in [3.63, 3.8) is 0 Å². The Morgan fingerprint density at radius 2 is 2.00 bits per heavy atom. The number of nitrogen functional groups attached to an aromatic ring is 1. The largest absolute Gasteiger partial charge is 0.398 e. The highest BCUT2D eigenvalue weighted by Crippen LogP contribution is 2.32. The number of ether oxygens (including phenoxy) is 1. The summed E-state index contributed by atoms with van der Waals surface area (Å²) < 4.78 is 45.2. The van der Waals surface area contributed by atoms with Crippen LogP contribution in [0.25, 0.3) is 10.9 Å². The molecule has 2 N–H and O–H groups in total. The molecule has 0 spiro atoms. The number of hydrogen-bond acceptors (Lipinski definition) is 3. The number of nitrogens with two attached hydrogens (primary N) is 1. The number of halogens is 3. The molecular formula is C12H9F3N2O. The fourth-order valence-electron chi connectivity index (χ4n) is 2.13. The molecule has 6 heteroatoms. The average Bonchev–Trinajstić information content (AvgIpc) is 2.38. The number of aromatic nitrogens is 1. The highest BCUT2D eigenvalue weighted by molar-refractivity contribution is 5.92. The van der Waals surface area contributed by atoms with Gasteiger partial charge in [0.15, 0.2) is 17.5 Å². The van der Waals surface area contributed by atoms with Crippen molar-refractivity contribution >= 4 is 16.6 Å². The minimum absolute atomic E-state index is 0.0793. The minimum Gasteiger partial charge on any atom is -0.398 e. The molecule has 0 saturated carbocycles. The van der Waals surface area contributed by atoms with E-state index in [-0.39, 0.29) is 23.2 Å². The van der Waals surface area contributed by atoms with E-state index in [0.717, 1.165) is 6.07 Å². The molecule has 0 saturated heterocycles. The van der Waals surface area contributed by atoms with Crippen molar-refractivity contribution in [1.29, 1.82) is 0 Å². The third kappa shape index (κ3) is 1.45. The summed E-state index contributed by atoms with van der Waals surface area (Å²) in [7, 11) is 0. The van der Waals surface area contributed by atoms with E-state index in [1.165, 1.54) is 0 Å². The van der Waals surface area contributed by atoms with Crippen LogP contribution >= 0.6 is 0 Å². The van der Waals surface area contributed by atoms with Crippen molar-refractivity contribution < 1.29 is 17.9 Å². The van der Waals surface area contributed by atoms with Crippen molar-refractivity contribution in [2.24, 2.45) is 0 Å². The molecule has 1 aromatic carbocycles. The molecule has 1 aliphatic rings. The summed E-state index contributed by atoms with van der Waals surface area (Å²) in [5.74, 6) is -4.10. The highest BCUT2D eigenvalue weighted by Gasteiger charge is 2.22. The van der Waals surface area contributed by atoms with Crippen molar-refractivity contribution in [2.75, 3.05) is 12.3 Å². The van der Waals surface area contributed by atoms with E-state index in [9.17, 15) is 13.2 Å². The molecule has 0 atom stereocenters. The normalized spacial score (nSPS) is 14.8. The molecule has 0 bridgehead atoms. The molecule has 1 aromatic heterocycles. The molecule has 0 amide bonds. The van der Waals surface area contributed by atoms with Gasteiger partial charge in [-0.25, -0.2) is 18.2 Å². The molecule has 2 heterocycles. The first-order valence-corrected chi connectivity index (χ1v) is 5.41. The standard InChI is InChI=1S/C12H9F3N2O/c13-7-3-5-11(16)6-4-18-2-1-8(6)17-12(5)10(15)9(7)14/h3H,1-2,4H2,(H2,16,17). The predicted octanol–water partition coefficient (Wildman–Crippen LogP) is 2.31. The number of rotatable bonds is 0. The van der Waals surface area contributed by atoms with Crippen LogP contribution in [0.3, 0.4) is 0 Å². The second-order valence-electron chi connectivity index (χ2n) is 4.14. The van der Waals surface area contributed by atoms with Crippen LogP contribution in [0.2, 0.25) is 0 Å². The Morgan fingerprint density at radius 1 is 1.22 bits per heavy atom. The third-order valence-electron chi connectivity index (χ3n) is 3.08. The highest BCUT2D eigenvalue weighted by atomic mass is 19.2. The van der Waals surface area contributed by atoms with Gasteiger partial charge in [-0.2, -0.15) is 0 Å². The zero-order valence-electron chi connectivity index (χ0n) is 9.27. The quantitative estimate of drug-likeness (QED) is 0.734. The van der Waals surface area contributed by atoms with Gasteiger partial charge >= 0.3 is 0 Å². The summed E-state index contributed by atoms with van der Waals surface area (Å²) in [6.07, 6.45) is 0.480. The van der Waals surface area contributed by atoms with E-state index in [1.807, 2.05) is 0 Å². The molecule has 18 heavy (non-hydrogen) atoms. The maximum absolute atomic E-state index is 13.6. The van der Waals surface area contributed by atoms with Gasteiger partial charge in [0.2, 0.25) is 0 Å². The fraction of sp³-hybridized carbons (Fsp3) is 0.250. The topological polar surface area (TPSA) is 48.1 Å². The molecule has 0 aliphatic carbocycles. The maximum atomic E-state index is 13.6. The second-order valence-corrected chi connectivity index (χ2v) is 4.14. The summed E-state index contributed by atoms with van der Waals surface area (Å²) in [6.45, 7) is 0.709. The molecule has 0 radical (unpaired) electrons. The maximum Gasteiger partial charge on any atom is 0.196 e. The molecule has 3 nitrogen and oxygen atoms in total. The minimum atomic E-state index is -1.53. The SMILES string of the molecule is Nc1c2c(nc3c(F)c(F)c(F)cc13)CCOC2. The molecule has 94 valence electrons. The lowest BCUT2D eigenvalue weighted by atomic mass is 10.0. The van der Waals surface area contributed by atoms with Crippen LogP contribution in [0.4, 0.5) is 18.9 Å². The summed E-state index contributed by atoms with van der Waals surface area (Å²) in [5.41, 5.74) is 7.03. The number of anilines is 1. The van der Waals surface area contributed by atoms with E-state index in [1.54, 1.807) is 0 Å². The summed E-state index contributed by atoms with van der Waals surface area (Å²) in [6, 6.07) is 0.866. The Hall–Kier alpha value is -1.82. The Morgan fingerprint density at radius 3 is 2.78 bits per heavy atom. The van der Waals surface area contributed by atoms with Gasteiger partial charge in [0, 0.05) is 23.1 Å². The van der Waals surface area contributed by atoms with Crippen LogP contribution < -0.4 is 5.73 Å². The Labute approximate surface area is 100 Å². The molecule has 1 aliphatic heterocycles. The lowest BCUT2D eigenvalue weighted by molar-refractivity contribution is 0.110. The first-order chi connectivity index (χ1) is 8.59. The monoisotopic (exact) mass is 254 g/mol. The van der Waals surface area contributed by atoms with E-state index in [0.29, 0.717) is 24.3 Å². The Bertz CT molecular complexity index is 658. The molecule has 2 aromatic rings. The predicted molar refractivity (Wildman–Crippen MR) is 59.4 cm³/mol. The Kier molecular flexibility index (Phi) is 2.41. The lowest BCUT2D eigenvalue weighted by Crippen LogP contribution is -2.15. The van der Waals surface area contributed by atoms with Crippen molar-refractivity contribution in [3.8, 4) is 0 Å². The Balaban J connectivity index is 2.42. The summed E-state index contributed by atoms with van der Waals surface area (Å²) in [4.78, 5) is 4.04. The van der Waals surface area contributed by atoms with E-state index >= 15 is 0 Å². The first-order valence-electron chi connectivity index (χ1n) is 5.41. The number of hydrogen-bond donors (Lipinski definition) is 1. The summed E-state index contributed by atoms with van der Waals surface area (Å²) >= 11 is 0. The van der Waals surface area contributed by atoms with Gasteiger partial charge in [-0.1, -0.05) is 0 Å². The van der Waals surface area contributed by atoms with Crippen LogP contribution in [-0.2, 0) is 17.8 Å². The first kappa shape index (κ1) is 11.3. The van der Waals surface area contributed by atoms with Crippen LogP contribution in [-0.4, -0.2) is 11.6 Å². The zero-order valence-corrected chi connectivity index (χ0v) is 9.27. The number of benzene rings is 1. The summed E-state index contributed by atoms with van der Waals surface area (Å²) in [5, 5.41) is 0.0793. The van der Waals surface area contributed by atoms with Crippen LogP contribution in [0.1, 0.15) is 11.3 Å². The van der Waals surface area contributed by atoms with Crippen molar-refractivity contribution in [1.82, 2.24) is 4.98 Å². The molecular weight excluding hydrogens is 245 g/mol. The number of pyridine rings is 1. The van der Waals surface area contributed by atoms with E-state index < -0.39 is 17.5 Å². The van der Waals surface area contributed by atoms with Gasteiger partial charge < -0.3 is 10.5 Å². The third-order valence-corrected chi connectivity index (χ3v) is 3.08. The van der Waals surface area contributed by atoms with Gasteiger partial charge in [0.25, 0.3) is 0 Å². The van der Waals surface area contributed by atoms with E-state index in [4.69, 9.17) is 10.5 Å².